The average Bonchev–Trinajstić information content (AvgIpc) is 3.15. The first-order valence-electron chi connectivity index (χ1n) is 11.8. The van der Waals surface area contributed by atoms with Crippen LogP contribution in [-0.2, 0) is 14.3 Å². The van der Waals surface area contributed by atoms with Crippen molar-refractivity contribution in [3.8, 4) is 11.1 Å². The van der Waals surface area contributed by atoms with Crippen molar-refractivity contribution in [1.82, 2.24) is 10.2 Å². The van der Waals surface area contributed by atoms with Gasteiger partial charge in [0.1, 0.15) is 12.6 Å². The fraction of sp³-hybridized carbons (Fsp3) is 0.444. The second kappa shape index (κ2) is 11.2. The fourth-order valence-corrected chi connectivity index (χ4v) is 4.42. The Labute approximate surface area is 201 Å². The van der Waals surface area contributed by atoms with E-state index < -0.39 is 24.0 Å². The van der Waals surface area contributed by atoms with Gasteiger partial charge in [0.05, 0.1) is 5.92 Å². The number of carbonyl (C=O) groups excluding carboxylic acids is 2. The number of carboxylic acid groups (broad SMARTS) is 1. The first kappa shape index (κ1) is 25.3. The highest BCUT2D eigenvalue weighted by molar-refractivity contribution is 5.86. The van der Waals surface area contributed by atoms with E-state index >= 15 is 0 Å². The minimum Gasteiger partial charge on any atom is -0.481 e. The Hall–Kier alpha value is -3.35. The minimum absolute atomic E-state index is 0.0670. The monoisotopic (exact) mass is 466 g/mol. The maximum absolute atomic E-state index is 13.0. The van der Waals surface area contributed by atoms with E-state index in [1.54, 1.807) is 14.0 Å². The molecule has 1 aliphatic rings. The van der Waals surface area contributed by atoms with E-state index in [-0.39, 0.29) is 30.9 Å². The van der Waals surface area contributed by atoms with Gasteiger partial charge in [-0.3, -0.25) is 9.59 Å². The molecular weight excluding hydrogens is 432 g/mol. The summed E-state index contributed by atoms with van der Waals surface area (Å²) in [5.74, 6) is -1.86. The fourth-order valence-electron chi connectivity index (χ4n) is 4.42. The third-order valence-corrected chi connectivity index (χ3v) is 6.61. The van der Waals surface area contributed by atoms with Gasteiger partial charge in [-0.25, -0.2) is 4.79 Å². The van der Waals surface area contributed by atoms with Gasteiger partial charge in [-0.2, -0.15) is 0 Å². The Morgan fingerprint density at radius 2 is 1.59 bits per heavy atom. The molecule has 2 amide bonds. The zero-order valence-electron chi connectivity index (χ0n) is 20.3. The molecule has 2 aromatic carbocycles. The number of nitrogens with one attached hydrogen (secondary N) is 1. The summed E-state index contributed by atoms with van der Waals surface area (Å²) in [7, 11) is 1.56. The molecule has 34 heavy (non-hydrogen) atoms. The average molecular weight is 467 g/mol. The second-order valence-electron chi connectivity index (χ2n) is 9.23. The lowest BCUT2D eigenvalue weighted by atomic mass is 9.98. The van der Waals surface area contributed by atoms with Crippen molar-refractivity contribution in [3.05, 3.63) is 59.7 Å². The van der Waals surface area contributed by atoms with Crippen LogP contribution in [0.25, 0.3) is 11.1 Å². The maximum atomic E-state index is 13.0. The third-order valence-electron chi connectivity index (χ3n) is 6.61. The Morgan fingerprint density at radius 1 is 1.03 bits per heavy atom. The van der Waals surface area contributed by atoms with Crippen LogP contribution in [0.1, 0.15) is 50.7 Å². The lowest BCUT2D eigenvalue weighted by molar-refractivity contribution is -0.143. The third kappa shape index (κ3) is 5.76. The predicted molar refractivity (Wildman–Crippen MR) is 131 cm³/mol. The Kier molecular flexibility index (Phi) is 8.31. The van der Waals surface area contributed by atoms with Crippen LogP contribution in [-0.4, -0.2) is 54.2 Å². The number of benzene rings is 2. The van der Waals surface area contributed by atoms with Gasteiger partial charge in [0.2, 0.25) is 5.91 Å². The molecule has 3 unspecified atom stereocenters. The van der Waals surface area contributed by atoms with Crippen molar-refractivity contribution in [3.63, 3.8) is 0 Å². The van der Waals surface area contributed by atoms with Crippen molar-refractivity contribution < 1.29 is 24.2 Å². The SMILES string of the molecule is CCC(C)CC(NC(=O)OCC1c2ccccc2-c2ccccc21)C(=O)N(C)CC(C)C(=O)O. The molecule has 1 aliphatic carbocycles. The number of ether oxygens (including phenoxy) is 1. The van der Waals surface area contributed by atoms with E-state index in [9.17, 15) is 14.4 Å². The summed E-state index contributed by atoms with van der Waals surface area (Å²) in [6.07, 6.45) is 0.652. The number of nitrogens with zero attached hydrogens (tertiary/aromatic N) is 1. The number of amides is 2. The van der Waals surface area contributed by atoms with Crippen LogP contribution in [0, 0.1) is 11.8 Å². The van der Waals surface area contributed by atoms with Crippen molar-refractivity contribution in [2.45, 2.75) is 45.6 Å². The highest BCUT2D eigenvalue weighted by Gasteiger charge is 2.31. The van der Waals surface area contributed by atoms with Crippen LogP contribution in [0.2, 0.25) is 0 Å². The Morgan fingerprint density at radius 3 is 2.12 bits per heavy atom. The lowest BCUT2D eigenvalue weighted by Gasteiger charge is -2.27. The van der Waals surface area contributed by atoms with Gasteiger partial charge in [0.15, 0.2) is 0 Å². The summed E-state index contributed by atoms with van der Waals surface area (Å²) in [6, 6.07) is 15.4. The molecule has 0 aromatic heterocycles. The van der Waals surface area contributed by atoms with E-state index in [0.29, 0.717) is 6.42 Å². The molecule has 2 aromatic rings. The number of likely N-dealkylation sites (N-methyl/N-ethyl adjacent to an activating group) is 1. The van der Waals surface area contributed by atoms with Crippen LogP contribution >= 0.6 is 0 Å². The van der Waals surface area contributed by atoms with Gasteiger partial charge >= 0.3 is 12.1 Å². The van der Waals surface area contributed by atoms with Gasteiger partial charge in [-0.1, -0.05) is 75.7 Å². The largest absolute Gasteiger partial charge is 0.481 e. The molecule has 0 saturated heterocycles. The summed E-state index contributed by atoms with van der Waals surface area (Å²) in [6.45, 7) is 5.82. The topological polar surface area (TPSA) is 95.9 Å². The first-order chi connectivity index (χ1) is 16.2. The highest BCUT2D eigenvalue weighted by atomic mass is 16.5. The van der Waals surface area contributed by atoms with Gasteiger partial charge in [-0.05, 0) is 34.6 Å². The van der Waals surface area contributed by atoms with Crippen LogP contribution in [0.15, 0.2) is 48.5 Å². The van der Waals surface area contributed by atoms with E-state index in [2.05, 4.69) is 29.6 Å². The van der Waals surface area contributed by atoms with Gasteiger partial charge in [-0.15, -0.1) is 0 Å². The van der Waals surface area contributed by atoms with Gasteiger partial charge in [0, 0.05) is 19.5 Å². The van der Waals surface area contributed by atoms with Crippen LogP contribution in [0.4, 0.5) is 4.79 Å². The molecule has 3 atom stereocenters. The number of hydrogen-bond donors (Lipinski definition) is 2. The molecular formula is C27H34N2O5. The van der Waals surface area contributed by atoms with Crippen LogP contribution in [0.5, 0.6) is 0 Å². The molecule has 0 aliphatic heterocycles. The summed E-state index contributed by atoms with van der Waals surface area (Å²) >= 11 is 0. The quantitative estimate of drug-likeness (QED) is 0.537. The van der Waals surface area contributed by atoms with Gasteiger partial charge in [0.25, 0.3) is 0 Å². The summed E-state index contributed by atoms with van der Waals surface area (Å²) in [5.41, 5.74) is 4.52. The van der Waals surface area contributed by atoms with Crippen LogP contribution in [0.3, 0.4) is 0 Å². The summed E-state index contributed by atoms with van der Waals surface area (Å²) < 4.78 is 5.62. The highest BCUT2D eigenvalue weighted by Crippen LogP contribution is 2.44. The standard InChI is InChI=1S/C27H34N2O5/c1-5-17(2)14-24(25(30)29(4)15-18(3)26(31)32)28-27(33)34-16-23-21-12-8-6-10-19(21)20-11-7-9-13-22(20)23/h6-13,17-18,23-24H,5,14-16H2,1-4H3,(H,28,33)(H,31,32). The number of rotatable bonds is 10. The van der Waals surface area contributed by atoms with Crippen molar-refractivity contribution >= 4 is 18.0 Å². The number of carbonyl (C=O) groups is 3. The smallest absolute Gasteiger partial charge is 0.407 e. The van der Waals surface area contributed by atoms with E-state index in [1.165, 1.54) is 4.90 Å². The first-order valence-corrected chi connectivity index (χ1v) is 11.8. The number of hydrogen-bond acceptors (Lipinski definition) is 4. The summed E-state index contributed by atoms with van der Waals surface area (Å²) in [4.78, 5) is 38.4. The van der Waals surface area contributed by atoms with E-state index in [1.807, 2.05) is 38.1 Å². The molecule has 0 radical (unpaired) electrons. The number of fused-ring (bicyclic) bond motifs is 3. The molecule has 0 fully saturated rings. The zero-order chi connectivity index (χ0) is 24.8. The molecule has 7 heteroatoms. The lowest BCUT2D eigenvalue weighted by Crippen LogP contribution is -2.49. The number of alkyl carbamates (subject to hydrolysis) is 1. The Bertz CT molecular complexity index is 992. The van der Waals surface area contributed by atoms with Crippen molar-refractivity contribution in [2.24, 2.45) is 11.8 Å². The normalized spacial score (nSPS) is 14.9. The van der Waals surface area contributed by atoms with E-state index in [4.69, 9.17) is 9.84 Å². The Balaban J connectivity index is 1.68. The molecule has 182 valence electrons. The van der Waals surface area contributed by atoms with E-state index in [0.717, 1.165) is 28.7 Å². The molecule has 0 bridgehead atoms. The zero-order valence-corrected chi connectivity index (χ0v) is 20.3. The molecule has 0 heterocycles. The number of carboxylic acids is 1. The van der Waals surface area contributed by atoms with Crippen molar-refractivity contribution in [2.75, 3.05) is 20.2 Å². The maximum Gasteiger partial charge on any atom is 0.407 e. The second-order valence-corrected chi connectivity index (χ2v) is 9.23. The van der Waals surface area contributed by atoms with Gasteiger partial charge < -0.3 is 20.1 Å². The predicted octanol–water partition coefficient (Wildman–Crippen LogP) is 4.51. The van der Waals surface area contributed by atoms with Crippen molar-refractivity contribution in [1.29, 1.82) is 0 Å². The molecule has 0 spiro atoms. The number of aliphatic carboxylic acids is 1. The van der Waals surface area contributed by atoms with Crippen LogP contribution < -0.4 is 5.32 Å². The molecule has 0 saturated carbocycles. The summed E-state index contributed by atoms with van der Waals surface area (Å²) in [5, 5.41) is 11.9. The molecule has 2 N–H and O–H groups in total. The molecule has 7 nitrogen and oxygen atoms in total. The molecule has 3 rings (SSSR count). The minimum atomic E-state index is -0.970.